The van der Waals surface area contributed by atoms with Crippen molar-refractivity contribution in [1.82, 2.24) is 10.2 Å². The minimum Gasteiger partial charge on any atom is -0.354 e. The molecule has 4 nitrogen and oxygen atoms in total. The number of benzene rings is 1. The summed E-state index contributed by atoms with van der Waals surface area (Å²) in [7, 11) is 0. The van der Waals surface area contributed by atoms with Gasteiger partial charge in [0, 0.05) is 18.2 Å². The maximum absolute atomic E-state index is 12.7. The highest BCUT2D eigenvalue weighted by atomic mass is 32.2. The highest BCUT2D eigenvalue weighted by Gasteiger charge is 2.42. The fraction of sp³-hybridized carbons (Fsp3) is 0.556. The first kappa shape index (κ1) is 17.9. The quantitative estimate of drug-likeness (QED) is 0.900. The zero-order valence-electron chi connectivity index (χ0n) is 14.3. The third kappa shape index (κ3) is 4.28. The van der Waals surface area contributed by atoms with Crippen molar-refractivity contribution in [3.63, 3.8) is 0 Å². The summed E-state index contributed by atoms with van der Waals surface area (Å²) in [5.41, 5.74) is 1.07. The Bertz CT molecular complexity index is 545. The molecule has 5 heteroatoms. The van der Waals surface area contributed by atoms with Crippen molar-refractivity contribution < 1.29 is 9.59 Å². The van der Waals surface area contributed by atoms with Crippen LogP contribution in [0.25, 0.3) is 0 Å². The van der Waals surface area contributed by atoms with E-state index in [9.17, 15) is 9.59 Å². The standard InChI is InChI=1S/C18H26N2O2S/c1-12(2)10-19-16(21)15-11-23-18(14-8-6-5-7-9-14)20(15)17(22)13(3)4/h5-9,12-13,15,18H,10-11H2,1-4H3,(H,19,21). The van der Waals surface area contributed by atoms with Crippen molar-refractivity contribution >= 4 is 23.6 Å². The molecule has 23 heavy (non-hydrogen) atoms. The number of hydrogen-bond donors (Lipinski definition) is 1. The molecule has 1 aromatic rings. The SMILES string of the molecule is CC(C)CNC(=O)C1CSC(c2ccccc2)N1C(=O)C(C)C. The summed E-state index contributed by atoms with van der Waals surface area (Å²) < 4.78 is 0. The third-order valence-electron chi connectivity index (χ3n) is 3.82. The van der Waals surface area contributed by atoms with E-state index in [1.165, 1.54) is 0 Å². The van der Waals surface area contributed by atoms with Gasteiger partial charge in [-0.2, -0.15) is 0 Å². The van der Waals surface area contributed by atoms with Crippen LogP contribution in [0.3, 0.4) is 0 Å². The lowest BCUT2D eigenvalue weighted by Crippen LogP contribution is -2.49. The first-order valence-electron chi connectivity index (χ1n) is 8.18. The summed E-state index contributed by atoms with van der Waals surface area (Å²) in [5.74, 6) is 0.904. The molecule has 1 aliphatic rings. The maximum Gasteiger partial charge on any atom is 0.243 e. The largest absolute Gasteiger partial charge is 0.354 e. The van der Waals surface area contributed by atoms with Crippen LogP contribution in [0.2, 0.25) is 0 Å². The molecule has 2 rings (SSSR count). The van der Waals surface area contributed by atoms with Gasteiger partial charge in [-0.15, -0.1) is 11.8 Å². The molecule has 2 unspecified atom stereocenters. The zero-order chi connectivity index (χ0) is 17.0. The molecule has 0 bridgehead atoms. The van der Waals surface area contributed by atoms with E-state index in [1.807, 2.05) is 44.2 Å². The summed E-state index contributed by atoms with van der Waals surface area (Å²) >= 11 is 1.66. The average molecular weight is 334 g/mol. The van der Waals surface area contributed by atoms with Gasteiger partial charge in [0.1, 0.15) is 11.4 Å². The third-order valence-corrected chi connectivity index (χ3v) is 5.14. The van der Waals surface area contributed by atoms with Crippen LogP contribution in [-0.2, 0) is 9.59 Å². The van der Waals surface area contributed by atoms with Crippen LogP contribution in [0, 0.1) is 11.8 Å². The number of rotatable bonds is 5. The molecule has 2 atom stereocenters. The summed E-state index contributed by atoms with van der Waals surface area (Å²) in [4.78, 5) is 27.0. The predicted octanol–water partition coefficient (Wildman–Crippen LogP) is 3.06. The Hall–Kier alpha value is -1.49. The molecule has 0 aromatic heterocycles. The lowest BCUT2D eigenvalue weighted by atomic mass is 10.1. The second-order valence-corrected chi connectivity index (χ2v) is 7.76. The second-order valence-electron chi connectivity index (χ2n) is 6.65. The molecule has 0 radical (unpaired) electrons. The summed E-state index contributed by atoms with van der Waals surface area (Å²) in [6.45, 7) is 8.54. The summed E-state index contributed by atoms with van der Waals surface area (Å²) in [5, 5.41) is 2.89. The molecule has 0 saturated carbocycles. The summed E-state index contributed by atoms with van der Waals surface area (Å²) in [6.07, 6.45) is 0. The molecule has 1 aromatic carbocycles. The lowest BCUT2D eigenvalue weighted by molar-refractivity contribution is -0.142. The van der Waals surface area contributed by atoms with Crippen molar-refractivity contribution in [2.24, 2.45) is 11.8 Å². The highest BCUT2D eigenvalue weighted by Crippen LogP contribution is 2.42. The minimum absolute atomic E-state index is 0.0357. The molecule has 1 aliphatic heterocycles. The molecule has 2 amide bonds. The second kappa shape index (κ2) is 7.86. The fourth-order valence-electron chi connectivity index (χ4n) is 2.57. The number of carbonyl (C=O) groups excluding carboxylic acids is 2. The smallest absolute Gasteiger partial charge is 0.243 e. The van der Waals surface area contributed by atoms with Crippen LogP contribution in [-0.4, -0.2) is 35.1 Å². The number of nitrogens with zero attached hydrogens (tertiary/aromatic N) is 1. The van der Waals surface area contributed by atoms with E-state index in [0.29, 0.717) is 18.2 Å². The van der Waals surface area contributed by atoms with Crippen molar-refractivity contribution in [2.75, 3.05) is 12.3 Å². The Labute approximate surface area is 143 Å². The van der Waals surface area contributed by atoms with E-state index in [2.05, 4.69) is 19.2 Å². The van der Waals surface area contributed by atoms with Gasteiger partial charge in [-0.1, -0.05) is 58.0 Å². The number of carbonyl (C=O) groups is 2. The molecule has 126 valence electrons. The summed E-state index contributed by atoms with van der Waals surface area (Å²) in [6, 6.07) is 9.56. The van der Waals surface area contributed by atoms with Crippen LogP contribution >= 0.6 is 11.8 Å². The average Bonchev–Trinajstić information content (AvgIpc) is 2.97. The van der Waals surface area contributed by atoms with E-state index < -0.39 is 0 Å². The normalized spacial score (nSPS) is 21.0. The van der Waals surface area contributed by atoms with Gasteiger partial charge in [0.05, 0.1) is 0 Å². The highest BCUT2D eigenvalue weighted by molar-refractivity contribution is 7.99. The molecule has 1 N–H and O–H groups in total. The minimum atomic E-state index is -0.390. The number of hydrogen-bond acceptors (Lipinski definition) is 3. The van der Waals surface area contributed by atoms with Crippen LogP contribution in [0.1, 0.15) is 38.6 Å². The monoisotopic (exact) mass is 334 g/mol. The number of thioether (sulfide) groups is 1. The lowest BCUT2D eigenvalue weighted by Gasteiger charge is -2.30. The van der Waals surface area contributed by atoms with E-state index >= 15 is 0 Å². The Balaban J connectivity index is 2.22. The Morgan fingerprint density at radius 1 is 1.22 bits per heavy atom. The fourth-order valence-corrected chi connectivity index (χ4v) is 4.01. The van der Waals surface area contributed by atoms with Crippen molar-refractivity contribution in [3.05, 3.63) is 35.9 Å². The van der Waals surface area contributed by atoms with E-state index in [-0.39, 0.29) is 29.1 Å². The number of nitrogens with one attached hydrogen (secondary N) is 1. The van der Waals surface area contributed by atoms with Gasteiger partial charge >= 0.3 is 0 Å². The number of amides is 2. The van der Waals surface area contributed by atoms with E-state index in [0.717, 1.165) is 5.56 Å². The Morgan fingerprint density at radius 2 is 1.87 bits per heavy atom. The molecule has 1 heterocycles. The van der Waals surface area contributed by atoms with Crippen LogP contribution in [0.5, 0.6) is 0 Å². The van der Waals surface area contributed by atoms with Crippen LogP contribution < -0.4 is 5.32 Å². The first-order chi connectivity index (χ1) is 10.9. The molecular weight excluding hydrogens is 308 g/mol. The van der Waals surface area contributed by atoms with Gasteiger partial charge in [-0.3, -0.25) is 9.59 Å². The van der Waals surface area contributed by atoms with E-state index in [1.54, 1.807) is 16.7 Å². The van der Waals surface area contributed by atoms with Crippen molar-refractivity contribution in [1.29, 1.82) is 0 Å². The van der Waals surface area contributed by atoms with E-state index in [4.69, 9.17) is 0 Å². The van der Waals surface area contributed by atoms with Gasteiger partial charge in [0.25, 0.3) is 0 Å². The topological polar surface area (TPSA) is 49.4 Å². The Kier molecular flexibility index (Phi) is 6.10. The van der Waals surface area contributed by atoms with Crippen molar-refractivity contribution in [3.8, 4) is 0 Å². The molecule has 1 saturated heterocycles. The molecule has 0 aliphatic carbocycles. The first-order valence-corrected chi connectivity index (χ1v) is 9.23. The zero-order valence-corrected chi connectivity index (χ0v) is 15.1. The van der Waals surface area contributed by atoms with Gasteiger partial charge in [-0.25, -0.2) is 0 Å². The molecule has 1 fully saturated rings. The van der Waals surface area contributed by atoms with Crippen LogP contribution in [0.4, 0.5) is 0 Å². The van der Waals surface area contributed by atoms with Gasteiger partial charge in [0.2, 0.25) is 11.8 Å². The maximum atomic E-state index is 12.7. The molecular formula is C18H26N2O2S. The van der Waals surface area contributed by atoms with Crippen LogP contribution in [0.15, 0.2) is 30.3 Å². The van der Waals surface area contributed by atoms with Gasteiger partial charge in [-0.05, 0) is 11.5 Å². The predicted molar refractivity (Wildman–Crippen MR) is 95.0 cm³/mol. The molecule has 0 spiro atoms. The van der Waals surface area contributed by atoms with Gasteiger partial charge in [0.15, 0.2) is 0 Å². The van der Waals surface area contributed by atoms with Gasteiger partial charge < -0.3 is 10.2 Å². The Morgan fingerprint density at radius 3 is 2.43 bits per heavy atom. The van der Waals surface area contributed by atoms with Crippen molar-refractivity contribution in [2.45, 2.75) is 39.1 Å².